The predicted octanol–water partition coefficient (Wildman–Crippen LogP) is 4.06. The van der Waals surface area contributed by atoms with E-state index in [1.54, 1.807) is 11.8 Å². The van der Waals surface area contributed by atoms with Gasteiger partial charge in [0.1, 0.15) is 5.82 Å². The third kappa shape index (κ3) is 5.75. The molecular weight excluding hydrogens is 380 g/mol. The molecule has 3 rings (SSSR count). The number of hydrogen-bond acceptors (Lipinski definition) is 4. The van der Waals surface area contributed by atoms with Crippen LogP contribution in [0.3, 0.4) is 0 Å². The second kappa shape index (κ2) is 10.7. The first-order chi connectivity index (χ1) is 14.1. The van der Waals surface area contributed by atoms with Crippen molar-refractivity contribution in [2.24, 2.45) is 4.99 Å². The Morgan fingerprint density at radius 3 is 2.62 bits per heavy atom. The van der Waals surface area contributed by atoms with Gasteiger partial charge in [-0.3, -0.25) is 4.99 Å². The monoisotopic (exact) mass is 414 g/mol. The number of hydrogen-bond donors (Lipinski definition) is 1. The standard InChI is InChI=1S/C22H34N6S/c1-17-11-13-18(14-12-17)16-27(3)21(23-2)24-15-7-10-20-25-26-22(29-4)28(20)19-8-5-6-9-19/h11-14,19H,5-10,15-16H2,1-4H3,(H,23,24). The Kier molecular flexibility index (Phi) is 7.98. The maximum atomic E-state index is 4.49. The number of guanidine groups is 1. The van der Waals surface area contributed by atoms with E-state index in [9.17, 15) is 0 Å². The van der Waals surface area contributed by atoms with Crippen LogP contribution in [0.5, 0.6) is 0 Å². The van der Waals surface area contributed by atoms with Crippen LogP contribution in [0.2, 0.25) is 0 Å². The zero-order valence-corrected chi connectivity index (χ0v) is 19.0. The SMILES string of the molecule is CN=C(NCCCc1nnc(SC)n1C1CCCC1)N(C)Cc1ccc(C)cc1. The summed E-state index contributed by atoms with van der Waals surface area (Å²) in [4.78, 5) is 6.60. The molecule has 0 amide bonds. The quantitative estimate of drug-likeness (QED) is 0.305. The number of aryl methyl sites for hydroxylation is 2. The maximum absolute atomic E-state index is 4.49. The van der Waals surface area contributed by atoms with E-state index in [1.807, 2.05) is 7.05 Å². The topological polar surface area (TPSA) is 58.3 Å². The van der Waals surface area contributed by atoms with Gasteiger partial charge in [-0.1, -0.05) is 54.4 Å². The Balaban J connectivity index is 1.50. The summed E-state index contributed by atoms with van der Waals surface area (Å²) in [6.07, 6.45) is 9.20. The fourth-order valence-corrected chi connectivity index (χ4v) is 4.59. The molecule has 0 unspecified atom stereocenters. The molecule has 1 aliphatic rings. The molecule has 1 heterocycles. The molecule has 0 aliphatic heterocycles. The summed E-state index contributed by atoms with van der Waals surface area (Å²) in [6.45, 7) is 3.83. The molecule has 0 spiro atoms. The Morgan fingerprint density at radius 1 is 1.24 bits per heavy atom. The highest BCUT2D eigenvalue weighted by molar-refractivity contribution is 7.98. The molecule has 29 heavy (non-hydrogen) atoms. The van der Waals surface area contributed by atoms with Crippen molar-refractivity contribution in [3.63, 3.8) is 0 Å². The van der Waals surface area contributed by atoms with Crippen molar-refractivity contribution in [2.75, 3.05) is 26.9 Å². The van der Waals surface area contributed by atoms with Gasteiger partial charge in [-0.05, 0) is 38.0 Å². The Hall–Kier alpha value is -2.02. The van der Waals surface area contributed by atoms with Gasteiger partial charge >= 0.3 is 0 Å². The van der Waals surface area contributed by atoms with Crippen molar-refractivity contribution in [3.8, 4) is 0 Å². The van der Waals surface area contributed by atoms with E-state index in [0.29, 0.717) is 6.04 Å². The molecule has 2 aromatic rings. The van der Waals surface area contributed by atoms with E-state index in [1.165, 1.54) is 36.8 Å². The highest BCUT2D eigenvalue weighted by atomic mass is 32.2. The Bertz CT molecular complexity index is 792. The number of aliphatic imine (C=N–C) groups is 1. The molecule has 0 atom stereocenters. The van der Waals surface area contributed by atoms with Crippen LogP contribution in [0.15, 0.2) is 34.4 Å². The molecule has 1 aromatic carbocycles. The summed E-state index contributed by atoms with van der Waals surface area (Å²) >= 11 is 1.70. The molecule has 0 radical (unpaired) electrons. The Labute approximate surface area is 179 Å². The maximum Gasteiger partial charge on any atom is 0.193 e. The van der Waals surface area contributed by atoms with E-state index in [-0.39, 0.29) is 0 Å². The number of thioether (sulfide) groups is 1. The third-order valence-corrected chi connectivity index (χ3v) is 6.23. The number of aromatic nitrogens is 3. The number of rotatable bonds is 8. The molecule has 158 valence electrons. The summed E-state index contributed by atoms with van der Waals surface area (Å²) < 4.78 is 2.40. The van der Waals surface area contributed by atoms with Crippen LogP contribution in [0.1, 0.15) is 55.1 Å². The normalized spacial score (nSPS) is 15.1. The molecule has 0 bridgehead atoms. The van der Waals surface area contributed by atoms with Gasteiger partial charge in [-0.15, -0.1) is 10.2 Å². The molecule has 6 nitrogen and oxygen atoms in total. The lowest BCUT2D eigenvalue weighted by atomic mass is 10.1. The van der Waals surface area contributed by atoms with Crippen molar-refractivity contribution in [3.05, 3.63) is 41.2 Å². The fraction of sp³-hybridized carbons (Fsp3) is 0.591. The van der Waals surface area contributed by atoms with E-state index >= 15 is 0 Å². The number of benzene rings is 1. The second-order valence-corrected chi connectivity index (χ2v) is 8.60. The van der Waals surface area contributed by atoms with Crippen LogP contribution in [0, 0.1) is 6.92 Å². The van der Waals surface area contributed by atoms with Crippen molar-refractivity contribution in [2.45, 2.75) is 63.2 Å². The predicted molar refractivity (Wildman–Crippen MR) is 122 cm³/mol. The van der Waals surface area contributed by atoms with Crippen LogP contribution in [-0.4, -0.2) is 52.5 Å². The summed E-state index contributed by atoms with van der Waals surface area (Å²) in [5.41, 5.74) is 2.57. The van der Waals surface area contributed by atoms with Crippen LogP contribution >= 0.6 is 11.8 Å². The van der Waals surface area contributed by atoms with Crippen molar-refractivity contribution in [1.29, 1.82) is 0 Å². The van der Waals surface area contributed by atoms with Gasteiger partial charge in [0.05, 0.1) is 0 Å². The van der Waals surface area contributed by atoms with Gasteiger partial charge in [-0.25, -0.2) is 0 Å². The van der Waals surface area contributed by atoms with Crippen molar-refractivity contribution in [1.82, 2.24) is 25.0 Å². The smallest absolute Gasteiger partial charge is 0.193 e. The molecule has 1 aromatic heterocycles. The molecule has 7 heteroatoms. The minimum absolute atomic E-state index is 0.587. The van der Waals surface area contributed by atoms with E-state index in [4.69, 9.17) is 0 Å². The minimum atomic E-state index is 0.587. The zero-order valence-electron chi connectivity index (χ0n) is 18.2. The van der Waals surface area contributed by atoms with E-state index in [2.05, 4.69) is 74.5 Å². The lowest BCUT2D eigenvalue weighted by molar-refractivity contribution is 0.457. The van der Waals surface area contributed by atoms with Gasteiger partial charge in [-0.2, -0.15) is 0 Å². The summed E-state index contributed by atoms with van der Waals surface area (Å²) in [5.74, 6) is 2.05. The second-order valence-electron chi connectivity index (χ2n) is 7.83. The lowest BCUT2D eigenvalue weighted by Gasteiger charge is -2.22. The van der Waals surface area contributed by atoms with Crippen LogP contribution in [0.4, 0.5) is 0 Å². The van der Waals surface area contributed by atoms with E-state index < -0.39 is 0 Å². The highest BCUT2D eigenvalue weighted by Crippen LogP contribution is 2.33. The van der Waals surface area contributed by atoms with E-state index in [0.717, 1.165) is 42.9 Å². The first-order valence-electron chi connectivity index (χ1n) is 10.6. The van der Waals surface area contributed by atoms with Crippen LogP contribution in [-0.2, 0) is 13.0 Å². The average Bonchev–Trinajstić information content (AvgIpc) is 3.38. The molecule has 1 fully saturated rings. The summed E-state index contributed by atoms with van der Waals surface area (Å²) in [6, 6.07) is 9.26. The average molecular weight is 415 g/mol. The van der Waals surface area contributed by atoms with Gasteiger partial charge in [0.2, 0.25) is 0 Å². The largest absolute Gasteiger partial charge is 0.356 e. The first kappa shape index (κ1) is 21.7. The van der Waals surface area contributed by atoms with Crippen LogP contribution < -0.4 is 5.32 Å². The molecule has 1 saturated carbocycles. The number of nitrogens with one attached hydrogen (secondary N) is 1. The molecule has 0 saturated heterocycles. The summed E-state index contributed by atoms with van der Waals surface area (Å²) in [5, 5.41) is 13.5. The third-order valence-electron chi connectivity index (χ3n) is 5.58. The van der Waals surface area contributed by atoms with Gasteiger partial charge < -0.3 is 14.8 Å². The molecule has 1 N–H and O–H groups in total. The fourth-order valence-electron chi connectivity index (χ4n) is 4.02. The van der Waals surface area contributed by atoms with Crippen LogP contribution in [0.25, 0.3) is 0 Å². The molecular formula is C22H34N6S. The van der Waals surface area contributed by atoms with Gasteiger partial charge in [0, 0.05) is 39.6 Å². The Morgan fingerprint density at radius 2 is 1.97 bits per heavy atom. The van der Waals surface area contributed by atoms with Crippen molar-refractivity contribution < 1.29 is 0 Å². The lowest BCUT2D eigenvalue weighted by Crippen LogP contribution is -2.39. The van der Waals surface area contributed by atoms with Gasteiger partial charge in [0.25, 0.3) is 0 Å². The first-order valence-corrected chi connectivity index (χ1v) is 11.8. The molecule has 1 aliphatic carbocycles. The van der Waals surface area contributed by atoms with Crippen molar-refractivity contribution >= 4 is 17.7 Å². The minimum Gasteiger partial charge on any atom is -0.356 e. The van der Waals surface area contributed by atoms with Gasteiger partial charge in [0.15, 0.2) is 11.1 Å². The highest BCUT2D eigenvalue weighted by Gasteiger charge is 2.23. The zero-order chi connectivity index (χ0) is 20.6. The number of nitrogens with zero attached hydrogens (tertiary/aromatic N) is 5. The summed E-state index contributed by atoms with van der Waals surface area (Å²) in [7, 11) is 3.92.